The van der Waals surface area contributed by atoms with Crippen LogP contribution in [0.1, 0.15) is 17.3 Å². The molecule has 4 heteroatoms. The summed E-state index contributed by atoms with van der Waals surface area (Å²) in [7, 11) is 4.78. The van der Waals surface area contributed by atoms with Crippen LogP contribution < -0.4 is 0 Å². The molecular weight excluding hydrogens is 203 g/mol. The van der Waals surface area contributed by atoms with Gasteiger partial charge in [0.2, 0.25) is 0 Å². The van der Waals surface area contributed by atoms with Crippen LogP contribution in [-0.2, 0) is 4.74 Å². The molecule has 1 aromatic rings. The summed E-state index contributed by atoms with van der Waals surface area (Å²) in [6, 6.07) is 8.96. The molecule has 0 aliphatic rings. The number of benzene rings is 1. The maximum Gasteiger partial charge on any atom is 0.353 e. The van der Waals surface area contributed by atoms with Crippen LogP contribution in [0.5, 0.6) is 0 Å². The highest BCUT2D eigenvalue weighted by Gasteiger charge is 2.02. The zero-order chi connectivity index (χ0) is 10.1. The molecule has 0 aliphatic heterocycles. The van der Waals surface area contributed by atoms with E-state index in [1.165, 1.54) is 0 Å². The molecule has 0 spiro atoms. The van der Waals surface area contributed by atoms with Gasteiger partial charge in [-0.05, 0) is 19.1 Å². The molecule has 0 heterocycles. The quantitative estimate of drug-likeness (QED) is 0.553. The average Bonchev–Trinajstić information content (AvgIpc) is 2.23. The average molecular weight is 215 g/mol. The van der Waals surface area contributed by atoms with Crippen molar-refractivity contribution in [2.24, 2.45) is 0 Å². The lowest BCUT2D eigenvalue weighted by Gasteiger charge is -1.99. The fraction of sp³-hybridized carbons (Fsp3) is 0.222. The fourth-order valence-corrected chi connectivity index (χ4v) is 0.789. The number of carbonyl (C=O) groups is 1. The molecule has 70 valence electrons. The van der Waals surface area contributed by atoms with Gasteiger partial charge in [0, 0.05) is 0 Å². The molecule has 0 N–H and O–H groups in total. The Morgan fingerprint density at radius 2 is 1.92 bits per heavy atom. The summed E-state index contributed by atoms with van der Waals surface area (Å²) in [4.78, 5) is 11.0. The molecule has 2 nitrogen and oxygen atoms in total. The minimum absolute atomic E-state index is 0.256. The lowest BCUT2D eigenvalue weighted by Crippen LogP contribution is -2.03. The van der Waals surface area contributed by atoms with Crippen molar-refractivity contribution in [3.05, 3.63) is 35.9 Å². The van der Waals surface area contributed by atoms with Crippen LogP contribution in [0.3, 0.4) is 0 Å². The highest BCUT2D eigenvalue weighted by Crippen LogP contribution is 1.99. The number of halogens is 1. The molecule has 0 fully saturated rings. The van der Waals surface area contributed by atoms with Crippen LogP contribution in [0.15, 0.2) is 30.3 Å². The molecule has 1 aromatic carbocycles. The Balaban J connectivity index is 0.000000671. The minimum atomic E-state index is -0.256. The van der Waals surface area contributed by atoms with Gasteiger partial charge in [-0.1, -0.05) is 18.2 Å². The van der Waals surface area contributed by atoms with Crippen LogP contribution in [-0.4, -0.2) is 27.9 Å². The molecule has 0 bridgehead atoms. The summed E-state index contributed by atoms with van der Waals surface area (Å²) in [6.45, 7) is 2.22. The fourth-order valence-electron chi connectivity index (χ4n) is 0.789. The first-order chi connectivity index (χ1) is 6.34. The Morgan fingerprint density at radius 3 is 2.38 bits per heavy atom. The number of hydrogen-bond donors (Lipinski definition) is 0. The summed E-state index contributed by atoms with van der Waals surface area (Å²) in [5.74, 6) is -0.256. The number of rotatable bonds is 2. The second-order valence-corrected chi connectivity index (χ2v) is 2.09. The molecule has 0 aliphatic carbocycles. The first-order valence-electron chi connectivity index (χ1n) is 3.94. The SMILES string of the molecule is CCOC(=O)c1ccccc1.[AlH2][Cl]. The molecule has 0 saturated carbocycles. The molecule has 0 radical (unpaired) electrons. The van der Waals surface area contributed by atoms with Crippen molar-refractivity contribution in [1.82, 2.24) is 0 Å². The monoisotopic (exact) mass is 214 g/mol. The van der Waals surface area contributed by atoms with E-state index < -0.39 is 0 Å². The second kappa shape index (κ2) is 8.13. The van der Waals surface area contributed by atoms with E-state index in [-0.39, 0.29) is 5.97 Å². The third-order valence-corrected chi connectivity index (χ3v) is 1.28. The smallest absolute Gasteiger partial charge is 0.353 e. The van der Waals surface area contributed by atoms with E-state index in [9.17, 15) is 4.79 Å². The van der Waals surface area contributed by atoms with Gasteiger partial charge in [-0.3, -0.25) is 10.0 Å². The molecular formula is C9H12AlClO2. The van der Waals surface area contributed by atoms with Gasteiger partial charge in [0.05, 0.1) is 12.2 Å². The maximum atomic E-state index is 11.0. The van der Waals surface area contributed by atoms with Crippen LogP contribution >= 0.6 is 10.0 Å². The Morgan fingerprint density at radius 1 is 1.38 bits per heavy atom. The van der Waals surface area contributed by atoms with Crippen molar-refractivity contribution >= 4 is 31.4 Å². The standard InChI is InChI=1S/C9H10O2.Al.ClH.2H/c1-2-11-9(10)8-6-4-3-5-7-8;;;;/h3-7H,2H2,1H3;;1H;;/q;+1;;;/p-1. The van der Waals surface area contributed by atoms with Crippen LogP contribution in [0.4, 0.5) is 0 Å². The van der Waals surface area contributed by atoms with E-state index >= 15 is 0 Å². The van der Waals surface area contributed by atoms with Gasteiger partial charge in [-0.2, -0.15) is 0 Å². The van der Waals surface area contributed by atoms with Crippen molar-refractivity contribution < 1.29 is 9.53 Å². The summed E-state index contributed by atoms with van der Waals surface area (Å²) in [5.41, 5.74) is 0.606. The largest absolute Gasteiger partial charge is 0.462 e. The molecule has 0 saturated heterocycles. The van der Waals surface area contributed by atoms with E-state index in [0.29, 0.717) is 12.2 Å². The first kappa shape index (κ1) is 12.5. The van der Waals surface area contributed by atoms with E-state index in [4.69, 9.17) is 14.8 Å². The van der Waals surface area contributed by atoms with Gasteiger partial charge in [0.1, 0.15) is 0 Å². The van der Waals surface area contributed by atoms with Crippen molar-refractivity contribution in [2.45, 2.75) is 6.92 Å². The van der Waals surface area contributed by atoms with Crippen molar-refractivity contribution in [3.63, 3.8) is 0 Å². The maximum absolute atomic E-state index is 11.0. The zero-order valence-electron chi connectivity index (χ0n) is 7.79. The van der Waals surface area contributed by atoms with Crippen molar-refractivity contribution in [1.29, 1.82) is 0 Å². The summed E-state index contributed by atoms with van der Waals surface area (Å²) < 4.78 is 4.79. The van der Waals surface area contributed by atoms with E-state index in [0.717, 1.165) is 15.4 Å². The van der Waals surface area contributed by atoms with Crippen LogP contribution in [0, 0.1) is 0 Å². The molecule has 0 atom stereocenters. The van der Waals surface area contributed by atoms with E-state index in [1.54, 1.807) is 19.1 Å². The summed E-state index contributed by atoms with van der Waals surface area (Å²) >= 11 is 0.778. The third kappa shape index (κ3) is 4.95. The number of hydrogen-bond acceptors (Lipinski definition) is 2. The molecule has 1 rings (SSSR count). The van der Waals surface area contributed by atoms with Gasteiger partial charge in [0.25, 0.3) is 0 Å². The van der Waals surface area contributed by atoms with E-state index in [2.05, 4.69) is 0 Å². The predicted molar refractivity (Wildman–Crippen MR) is 56.8 cm³/mol. The topological polar surface area (TPSA) is 26.3 Å². The number of ether oxygens (including phenoxy) is 1. The van der Waals surface area contributed by atoms with Crippen molar-refractivity contribution in [3.8, 4) is 0 Å². The van der Waals surface area contributed by atoms with Gasteiger partial charge >= 0.3 is 21.3 Å². The van der Waals surface area contributed by atoms with Crippen LogP contribution in [0.25, 0.3) is 0 Å². The summed E-state index contributed by atoms with van der Waals surface area (Å²) in [5, 5.41) is 0. The minimum Gasteiger partial charge on any atom is -0.462 e. The van der Waals surface area contributed by atoms with Gasteiger partial charge in [-0.25, -0.2) is 4.79 Å². The Kier molecular flexibility index (Phi) is 7.82. The molecule has 0 unspecified atom stereocenters. The lowest BCUT2D eigenvalue weighted by molar-refractivity contribution is 0.0526. The number of carbonyl (C=O) groups excluding carboxylic acids is 1. The third-order valence-electron chi connectivity index (χ3n) is 1.28. The Labute approximate surface area is 90.5 Å². The molecule has 0 aromatic heterocycles. The van der Waals surface area contributed by atoms with Gasteiger partial charge in [-0.15, -0.1) is 0 Å². The lowest BCUT2D eigenvalue weighted by atomic mass is 10.2. The first-order valence-corrected chi connectivity index (χ1v) is 6.97. The van der Waals surface area contributed by atoms with E-state index in [1.807, 2.05) is 18.2 Å². The highest BCUT2D eigenvalue weighted by atomic mass is 35.6. The number of esters is 1. The molecule has 13 heavy (non-hydrogen) atoms. The van der Waals surface area contributed by atoms with Gasteiger partial charge < -0.3 is 4.74 Å². The summed E-state index contributed by atoms with van der Waals surface area (Å²) in [6.07, 6.45) is 0. The van der Waals surface area contributed by atoms with Crippen LogP contribution in [0.2, 0.25) is 0 Å². The highest BCUT2D eigenvalue weighted by molar-refractivity contribution is 6.80. The zero-order valence-corrected chi connectivity index (χ0v) is 10.5. The Bertz CT molecular complexity index is 239. The van der Waals surface area contributed by atoms with Gasteiger partial charge in [0.15, 0.2) is 0 Å². The normalized spacial score (nSPS) is 8.15. The second-order valence-electron chi connectivity index (χ2n) is 2.09. The Hall–Kier alpha value is -0.488. The predicted octanol–water partition coefficient (Wildman–Crippen LogP) is 1.64. The molecule has 0 amide bonds. The van der Waals surface area contributed by atoms with Crippen molar-refractivity contribution in [2.75, 3.05) is 6.61 Å².